The normalized spacial score (nSPS) is 17.2. The van der Waals surface area contributed by atoms with Crippen LogP contribution in [-0.2, 0) is 37.8 Å². The summed E-state index contributed by atoms with van der Waals surface area (Å²) in [4.78, 5) is 21.8. The monoisotopic (exact) mass is 298 g/mol. The van der Waals surface area contributed by atoms with Gasteiger partial charge in [-0.25, -0.2) is 24.3 Å². The third-order valence-corrected chi connectivity index (χ3v) is 2.73. The molecular weight excluding hydrogens is 284 g/mol. The van der Waals surface area contributed by atoms with Crippen LogP contribution in [0.4, 0.5) is 0 Å². The summed E-state index contributed by atoms with van der Waals surface area (Å²) in [6.45, 7) is 0. The minimum absolute atomic E-state index is 0. The Labute approximate surface area is 122 Å². The maximum absolute atomic E-state index is 11.1. The number of cyclic esters (lactones) is 2. The molecule has 0 spiro atoms. The van der Waals surface area contributed by atoms with Crippen molar-refractivity contribution in [3.8, 4) is 0 Å². The van der Waals surface area contributed by atoms with E-state index < -0.39 is 5.97 Å². The van der Waals surface area contributed by atoms with Crippen LogP contribution in [0.15, 0.2) is 54.6 Å². The molecule has 0 amide bonds. The first-order chi connectivity index (χ1) is 8.75. The molecule has 4 heteroatoms. The van der Waals surface area contributed by atoms with Crippen LogP contribution in [0.25, 0.3) is 0 Å². The number of rotatable bonds is 2. The minimum Gasteiger partial charge on any atom is -0.393 e. The number of esters is 2. The van der Waals surface area contributed by atoms with Gasteiger partial charge in [-0.15, -0.1) is 0 Å². The molecule has 102 valence electrons. The molecule has 2 aromatic carbocycles. The van der Waals surface area contributed by atoms with Gasteiger partial charge in [0.25, 0.3) is 0 Å². The topological polar surface area (TPSA) is 43.4 Å². The van der Waals surface area contributed by atoms with Gasteiger partial charge in [-0.2, -0.15) is 35.9 Å². The van der Waals surface area contributed by atoms with Crippen molar-refractivity contribution in [2.45, 2.75) is 12.8 Å². The second-order valence-electron chi connectivity index (χ2n) is 4.15. The number of hydrogen-bond acceptors (Lipinski definition) is 3. The van der Waals surface area contributed by atoms with Gasteiger partial charge in [0.1, 0.15) is 0 Å². The standard InChI is InChI=1S/C10H9O3.C5H5.Fe/c11-9-6-8(10(12)13-9)5-7-3-1-2-4-7;1-2-4-5-3-1;/h1-4,8H,5-6H2;1-5H;/q2*-1;. The molecule has 1 saturated heterocycles. The second kappa shape index (κ2) is 7.72. The number of ether oxygens (including phenoxy) is 1. The van der Waals surface area contributed by atoms with Gasteiger partial charge in [-0.05, 0) is 0 Å². The zero-order valence-electron chi connectivity index (χ0n) is 10.3. The fraction of sp³-hybridized carbons (Fsp3) is 0.200. The molecule has 0 N–H and O–H groups in total. The largest absolute Gasteiger partial charge is 0.393 e. The van der Waals surface area contributed by atoms with Gasteiger partial charge >= 0.3 is 11.9 Å². The van der Waals surface area contributed by atoms with Crippen LogP contribution in [0.5, 0.6) is 0 Å². The smallest absolute Gasteiger partial charge is 0.316 e. The molecule has 1 unspecified atom stereocenters. The Balaban J connectivity index is 0.000000256. The molecule has 1 aliphatic heterocycles. The summed E-state index contributed by atoms with van der Waals surface area (Å²) in [5, 5.41) is 0. The van der Waals surface area contributed by atoms with Crippen molar-refractivity contribution in [2.75, 3.05) is 0 Å². The van der Waals surface area contributed by atoms with Crippen molar-refractivity contribution < 1.29 is 31.4 Å². The van der Waals surface area contributed by atoms with Crippen molar-refractivity contribution in [1.82, 2.24) is 0 Å². The summed E-state index contributed by atoms with van der Waals surface area (Å²) >= 11 is 0. The SMILES string of the molecule is O=C1CC(C[c-]2cccc2)C(=O)O1.[Fe].c1cc[cH-]c1. The molecule has 3 rings (SSSR count). The van der Waals surface area contributed by atoms with E-state index in [1.54, 1.807) is 0 Å². The van der Waals surface area contributed by atoms with Crippen molar-refractivity contribution >= 4 is 11.9 Å². The van der Waals surface area contributed by atoms with Gasteiger partial charge < -0.3 is 4.74 Å². The Morgan fingerprint density at radius 1 is 1.16 bits per heavy atom. The molecule has 19 heavy (non-hydrogen) atoms. The Kier molecular flexibility index (Phi) is 6.26. The van der Waals surface area contributed by atoms with E-state index in [1.165, 1.54) is 0 Å². The fourth-order valence-corrected chi connectivity index (χ4v) is 1.83. The van der Waals surface area contributed by atoms with E-state index in [4.69, 9.17) is 0 Å². The zero-order valence-corrected chi connectivity index (χ0v) is 11.4. The first kappa shape index (κ1) is 15.4. The van der Waals surface area contributed by atoms with Gasteiger partial charge in [0.15, 0.2) is 0 Å². The van der Waals surface area contributed by atoms with Crippen LogP contribution in [-0.4, -0.2) is 11.9 Å². The molecular formula is C15H14FeO3-2. The minimum atomic E-state index is -0.401. The Morgan fingerprint density at radius 3 is 2.21 bits per heavy atom. The molecule has 0 radical (unpaired) electrons. The van der Waals surface area contributed by atoms with Crippen LogP contribution >= 0.6 is 0 Å². The van der Waals surface area contributed by atoms with Gasteiger partial charge in [-0.3, -0.25) is 9.59 Å². The van der Waals surface area contributed by atoms with Gasteiger partial charge in [0.05, 0.1) is 12.3 Å². The Bertz CT molecular complexity index is 468. The van der Waals surface area contributed by atoms with E-state index in [-0.39, 0.29) is 35.4 Å². The average molecular weight is 298 g/mol. The van der Waals surface area contributed by atoms with E-state index in [0.717, 1.165) is 5.56 Å². The molecule has 0 aromatic heterocycles. The Hall–Kier alpha value is -1.64. The van der Waals surface area contributed by atoms with Gasteiger partial charge in [-0.1, -0.05) is 6.42 Å². The number of carbonyl (C=O) groups excluding carboxylic acids is 2. The third-order valence-electron chi connectivity index (χ3n) is 2.73. The summed E-state index contributed by atoms with van der Waals surface area (Å²) in [6, 6.07) is 17.7. The molecule has 3 nitrogen and oxygen atoms in total. The molecule has 0 saturated carbocycles. The van der Waals surface area contributed by atoms with Crippen molar-refractivity contribution in [3.63, 3.8) is 0 Å². The zero-order chi connectivity index (χ0) is 12.8. The Morgan fingerprint density at radius 2 is 1.79 bits per heavy atom. The second-order valence-corrected chi connectivity index (χ2v) is 4.15. The van der Waals surface area contributed by atoms with Crippen LogP contribution in [0, 0.1) is 5.92 Å². The molecule has 1 fully saturated rings. The van der Waals surface area contributed by atoms with Crippen molar-refractivity contribution in [2.24, 2.45) is 5.92 Å². The van der Waals surface area contributed by atoms with E-state index in [1.807, 2.05) is 54.6 Å². The van der Waals surface area contributed by atoms with Crippen LogP contribution in [0.1, 0.15) is 12.0 Å². The predicted octanol–water partition coefficient (Wildman–Crippen LogP) is 2.44. The van der Waals surface area contributed by atoms with Crippen LogP contribution in [0.3, 0.4) is 0 Å². The van der Waals surface area contributed by atoms with E-state index in [0.29, 0.717) is 6.42 Å². The van der Waals surface area contributed by atoms with Crippen molar-refractivity contribution in [3.05, 3.63) is 60.2 Å². The van der Waals surface area contributed by atoms with Crippen LogP contribution in [0.2, 0.25) is 0 Å². The first-order valence-corrected chi connectivity index (χ1v) is 5.87. The number of hydrogen-bond donors (Lipinski definition) is 0. The fourth-order valence-electron chi connectivity index (χ4n) is 1.83. The molecule has 1 atom stereocenters. The maximum Gasteiger partial charge on any atom is 0.316 e. The maximum atomic E-state index is 11.1. The average Bonchev–Trinajstić information content (AvgIpc) is 3.06. The quantitative estimate of drug-likeness (QED) is 0.370. The molecule has 0 aliphatic carbocycles. The van der Waals surface area contributed by atoms with Crippen molar-refractivity contribution in [1.29, 1.82) is 0 Å². The predicted molar refractivity (Wildman–Crippen MR) is 67.0 cm³/mol. The summed E-state index contributed by atoms with van der Waals surface area (Å²) in [6.07, 6.45) is 0.835. The van der Waals surface area contributed by atoms with Gasteiger partial charge in [0.2, 0.25) is 0 Å². The first-order valence-electron chi connectivity index (χ1n) is 5.87. The summed E-state index contributed by atoms with van der Waals surface area (Å²) < 4.78 is 4.44. The molecule has 1 heterocycles. The van der Waals surface area contributed by atoms with Crippen LogP contribution < -0.4 is 0 Å². The van der Waals surface area contributed by atoms with E-state index in [9.17, 15) is 9.59 Å². The van der Waals surface area contributed by atoms with E-state index >= 15 is 0 Å². The summed E-state index contributed by atoms with van der Waals surface area (Å²) in [7, 11) is 0. The summed E-state index contributed by atoms with van der Waals surface area (Å²) in [5.41, 5.74) is 1.08. The third kappa shape index (κ3) is 4.85. The van der Waals surface area contributed by atoms with E-state index in [2.05, 4.69) is 4.74 Å². The molecule has 1 aliphatic rings. The molecule has 2 aromatic rings. The van der Waals surface area contributed by atoms with Gasteiger partial charge in [0, 0.05) is 17.1 Å². The number of carbonyl (C=O) groups is 2. The molecule has 0 bridgehead atoms. The summed E-state index contributed by atoms with van der Waals surface area (Å²) in [5.74, 6) is -1.05.